The number of ether oxygens (including phenoxy) is 1. The molecule has 1 amide bonds. The molecule has 5 nitrogen and oxygen atoms in total. The quantitative estimate of drug-likeness (QED) is 0.615. The summed E-state index contributed by atoms with van der Waals surface area (Å²) in [5, 5.41) is 2.80. The van der Waals surface area contributed by atoms with Gasteiger partial charge in [-0.25, -0.2) is 4.39 Å². The second-order valence-corrected chi connectivity index (χ2v) is 7.83. The van der Waals surface area contributed by atoms with Crippen LogP contribution in [0.3, 0.4) is 0 Å². The van der Waals surface area contributed by atoms with Crippen LogP contribution in [0.25, 0.3) is 0 Å². The van der Waals surface area contributed by atoms with Crippen LogP contribution in [0.4, 0.5) is 10.1 Å². The molecule has 1 atom stereocenters. The van der Waals surface area contributed by atoms with Crippen LogP contribution in [0, 0.1) is 11.7 Å². The van der Waals surface area contributed by atoms with Crippen molar-refractivity contribution in [2.45, 2.75) is 32.6 Å². The predicted molar refractivity (Wildman–Crippen MR) is 115 cm³/mol. The summed E-state index contributed by atoms with van der Waals surface area (Å²) < 4.78 is 19.0. The lowest BCUT2D eigenvalue weighted by atomic mass is 9.98. The van der Waals surface area contributed by atoms with Gasteiger partial charge in [-0.15, -0.1) is 0 Å². The molecule has 2 aromatic rings. The van der Waals surface area contributed by atoms with Crippen molar-refractivity contribution in [3.63, 3.8) is 0 Å². The average molecular weight is 413 g/mol. The first-order valence-corrected chi connectivity index (χ1v) is 10.5. The minimum Gasteiger partial charge on any atom is -0.491 e. The first-order chi connectivity index (χ1) is 14.5. The number of piperidine rings is 1. The summed E-state index contributed by atoms with van der Waals surface area (Å²) >= 11 is 0. The number of anilines is 1. The molecule has 3 rings (SSSR count). The summed E-state index contributed by atoms with van der Waals surface area (Å²) in [5.74, 6) is 0.714. The molecular weight excluding hydrogens is 383 g/mol. The van der Waals surface area contributed by atoms with Crippen molar-refractivity contribution in [1.29, 1.82) is 0 Å². The topological polar surface area (TPSA) is 58.6 Å². The molecule has 0 spiro atoms. The average Bonchev–Trinajstić information content (AvgIpc) is 2.73. The van der Waals surface area contributed by atoms with Crippen molar-refractivity contribution in [2.24, 2.45) is 5.92 Å². The fourth-order valence-electron chi connectivity index (χ4n) is 3.83. The lowest BCUT2D eigenvalue weighted by molar-refractivity contribution is -0.114. The number of carbonyl (C=O) groups excluding carboxylic acids is 2. The third-order valence-electron chi connectivity index (χ3n) is 5.32. The van der Waals surface area contributed by atoms with Gasteiger partial charge in [0.25, 0.3) is 0 Å². The highest BCUT2D eigenvalue weighted by Crippen LogP contribution is 2.26. The number of halogens is 1. The Morgan fingerprint density at radius 2 is 1.93 bits per heavy atom. The Kier molecular flexibility index (Phi) is 7.97. The molecule has 0 unspecified atom stereocenters. The maximum atomic E-state index is 13.0. The molecule has 1 aliphatic heterocycles. The van der Waals surface area contributed by atoms with Gasteiger partial charge in [0.2, 0.25) is 5.91 Å². The van der Waals surface area contributed by atoms with Gasteiger partial charge in [0, 0.05) is 31.4 Å². The molecule has 2 aromatic carbocycles. The molecule has 1 heterocycles. The van der Waals surface area contributed by atoms with Crippen molar-refractivity contribution < 1.29 is 18.7 Å². The van der Waals surface area contributed by atoms with Gasteiger partial charge < -0.3 is 15.0 Å². The number of benzene rings is 2. The van der Waals surface area contributed by atoms with E-state index in [1.807, 2.05) is 24.3 Å². The van der Waals surface area contributed by atoms with E-state index in [0.29, 0.717) is 35.9 Å². The number of nitrogens with zero attached hydrogens (tertiary/aromatic N) is 1. The van der Waals surface area contributed by atoms with E-state index in [1.54, 1.807) is 12.1 Å². The molecule has 1 fully saturated rings. The zero-order valence-electron chi connectivity index (χ0n) is 17.4. The Morgan fingerprint density at radius 3 is 2.70 bits per heavy atom. The minimum absolute atomic E-state index is 0.0569. The van der Waals surface area contributed by atoms with Gasteiger partial charge in [0.1, 0.15) is 11.6 Å². The molecule has 6 heteroatoms. The van der Waals surface area contributed by atoms with Crippen LogP contribution in [-0.4, -0.2) is 42.8 Å². The Morgan fingerprint density at radius 1 is 1.17 bits per heavy atom. The van der Waals surface area contributed by atoms with E-state index in [1.165, 1.54) is 19.1 Å². The van der Waals surface area contributed by atoms with Crippen LogP contribution in [0.5, 0.6) is 5.75 Å². The van der Waals surface area contributed by atoms with E-state index in [0.717, 1.165) is 38.9 Å². The monoisotopic (exact) mass is 412 g/mol. The summed E-state index contributed by atoms with van der Waals surface area (Å²) in [7, 11) is 0. The van der Waals surface area contributed by atoms with Crippen molar-refractivity contribution in [1.82, 2.24) is 4.90 Å². The first kappa shape index (κ1) is 22.0. The van der Waals surface area contributed by atoms with Crippen LogP contribution in [-0.2, 0) is 4.79 Å². The van der Waals surface area contributed by atoms with E-state index in [2.05, 4.69) is 10.2 Å². The van der Waals surface area contributed by atoms with E-state index in [4.69, 9.17) is 4.74 Å². The van der Waals surface area contributed by atoms with Crippen LogP contribution < -0.4 is 10.1 Å². The number of para-hydroxylation sites is 2. The smallest absolute Gasteiger partial charge is 0.221 e. The van der Waals surface area contributed by atoms with Gasteiger partial charge in [-0.05, 0) is 68.8 Å². The van der Waals surface area contributed by atoms with Crippen LogP contribution in [0.1, 0.15) is 43.0 Å². The maximum Gasteiger partial charge on any atom is 0.221 e. The predicted octanol–water partition coefficient (Wildman–Crippen LogP) is 4.54. The highest BCUT2D eigenvalue weighted by atomic mass is 19.1. The fraction of sp³-hybridized carbons (Fsp3) is 0.417. The highest BCUT2D eigenvalue weighted by Gasteiger charge is 2.21. The molecule has 160 valence electrons. The minimum atomic E-state index is -0.326. The number of carbonyl (C=O) groups is 2. The number of ketones is 1. The van der Waals surface area contributed by atoms with E-state index in [9.17, 15) is 14.0 Å². The van der Waals surface area contributed by atoms with Crippen LogP contribution in [0.2, 0.25) is 0 Å². The van der Waals surface area contributed by atoms with Gasteiger partial charge in [-0.1, -0.05) is 12.1 Å². The zero-order chi connectivity index (χ0) is 21.3. The van der Waals surface area contributed by atoms with Crippen LogP contribution >= 0.6 is 0 Å². The zero-order valence-corrected chi connectivity index (χ0v) is 17.4. The summed E-state index contributed by atoms with van der Waals surface area (Å²) in [6.07, 6.45) is 3.46. The third-order valence-corrected chi connectivity index (χ3v) is 5.32. The molecule has 30 heavy (non-hydrogen) atoms. The largest absolute Gasteiger partial charge is 0.491 e. The number of hydrogen-bond donors (Lipinski definition) is 1. The van der Waals surface area contributed by atoms with Crippen molar-refractivity contribution in [3.8, 4) is 5.75 Å². The second-order valence-electron chi connectivity index (χ2n) is 7.83. The lowest BCUT2D eigenvalue weighted by Gasteiger charge is -2.32. The number of Topliss-reactive ketones (excluding diaryl/α,β-unsaturated/α-hetero) is 1. The normalized spacial score (nSPS) is 16.8. The molecule has 1 aliphatic rings. The number of likely N-dealkylation sites (tertiary alicyclic amines) is 1. The Hall–Kier alpha value is -2.73. The Bertz CT molecular complexity index is 854. The highest BCUT2D eigenvalue weighted by molar-refractivity contribution is 5.96. The van der Waals surface area contributed by atoms with E-state index < -0.39 is 0 Å². The number of amides is 1. The molecule has 1 N–H and O–H groups in total. The van der Waals surface area contributed by atoms with Gasteiger partial charge >= 0.3 is 0 Å². The second kappa shape index (κ2) is 10.9. The molecule has 0 aliphatic carbocycles. The lowest BCUT2D eigenvalue weighted by Crippen LogP contribution is -2.38. The SMILES string of the molecule is CC(=O)Nc1ccccc1OC[C@@H]1CCCN(CCCC(=O)c2ccc(F)cc2)C1. The first-order valence-electron chi connectivity index (χ1n) is 10.5. The molecule has 0 saturated carbocycles. The number of rotatable bonds is 9. The summed E-state index contributed by atoms with van der Waals surface area (Å²) in [6.45, 7) is 4.92. The van der Waals surface area contributed by atoms with Crippen LogP contribution in [0.15, 0.2) is 48.5 Å². The summed E-state index contributed by atoms with van der Waals surface area (Å²) in [5.41, 5.74) is 1.26. The standard InChI is InChI=1S/C24H29FN2O3/c1-18(28)26-22-7-2-3-9-24(22)30-17-19-6-4-14-27(16-19)15-5-8-23(29)20-10-12-21(25)13-11-20/h2-3,7,9-13,19H,4-6,8,14-17H2,1H3,(H,26,28)/t19-/m1/s1. The maximum absolute atomic E-state index is 13.0. The third kappa shape index (κ3) is 6.66. The molecule has 0 bridgehead atoms. The van der Waals surface area contributed by atoms with Crippen molar-refractivity contribution in [2.75, 3.05) is 31.6 Å². The summed E-state index contributed by atoms with van der Waals surface area (Å²) in [4.78, 5) is 26.0. The molecule has 1 saturated heterocycles. The van der Waals surface area contributed by atoms with Gasteiger partial charge in [-0.2, -0.15) is 0 Å². The summed E-state index contributed by atoms with van der Waals surface area (Å²) in [6, 6.07) is 13.2. The Balaban J connectivity index is 1.43. The van der Waals surface area contributed by atoms with E-state index >= 15 is 0 Å². The van der Waals surface area contributed by atoms with Crippen molar-refractivity contribution in [3.05, 3.63) is 59.9 Å². The fourth-order valence-corrected chi connectivity index (χ4v) is 3.83. The van der Waals surface area contributed by atoms with E-state index in [-0.39, 0.29) is 17.5 Å². The van der Waals surface area contributed by atoms with Gasteiger partial charge in [0.05, 0.1) is 12.3 Å². The number of hydrogen-bond acceptors (Lipinski definition) is 4. The molecule has 0 radical (unpaired) electrons. The molecular formula is C24H29FN2O3. The van der Waals surface area contributed by atoms with Gasteiger partial charge in [0.15, 0.2) is 5.78 Å². The van der Waals surface area contributed by atoms with Gasteiger partial charge in [-0.3, -0.25) is 9.59 Å². The Labute approximate surface area is 177 Å². The number of nitrogens with one attached hydrogen (secondary N) is 1. The molecule has 0 aromatic heterocycles. The van der Waals surface area contributed by atoms with Crippen molar-refractivity contribution >= 4 is 17.4 Å².